The molecule has 2 rings (SSSR count). The summed E-state index contributed by atoms with van der Waals surface area (Å²) >= 11 is 1.95. The Morgan fingerprint density at radius 3 is 2.52 bits per heavy atom. The van der Waals surface area contributed by atoms with Crippen molar-refractivity contribution in [3.8, 4) is 11.5 Å². The molecule has 0 aliphatic heterocycles. The first-order valence-electron chi connectivity index (χ1n) is 5.84. The number of nitro groups is 1. The van der Waals surface area contributed by atoms with E-state index in [0.717, 1.165) is 5.56 Å². The van der Waals surface area contributed by atoms with E-state index in [1.54, 1.807) is 19.1 Å². The van der Waals surface area contributed by atoms with E-state index in [9.17, 15) is 20.0 Å². The fourth-order valence-corrected chi connectivity index (χ4v) is 2.21. The van der Waals surface area contributed by atoms with E-state index in [2.05, 4.69) is 0 Å². The fourth-order valence-electron chi connectivity index (χ4n) is 1.74. The standard InChI is InChI=1S/C14H10INO5/c1-8-2-4-12(10(6-8)14(17)18)21-13-5-3-9(15)7-11(13)16(19)20/h2-7H,1H3,(H,17,18). The molecule has 0 atom stereocenters. The molecule has 0 amide bonds. The number of carboxylic acid groups (broad SMARTS) is 1. The first-order valence-corrected chi connectivity index (χ1v) is 6.92. The van der Waals surface area contributed by atoms with Crippen molar-refractivity contribution < 1.29 is 19.6 Å². The first kappa shape index (κ1) is 15.2. The Balaban J connectivity index is 2.48. The van der Waals surface area contributed by atoms with Crippen LogP contribution in [0.15, 0.2) is 36.4 Å². The molecule has 2 aromatic rings. The van der Waals surface area contributed by atoms with Crippen molar-refractivity contribution in [2.24, 2.45) is 0 Å². The fraction of sp³-hybridized carbons (Fsp3) is 0.0714. The van der Waals surface area contributed by atoms with Gasteiger partial charge in [0.25, 0.3) is 0 Å². The van der Waals surface area contributed by atoms with Crippen LogP contribution in [0.5, 0.6) is 11.5 Å². The highest BCUT2D eigenvalue weighted by atomic mass is 127. The number of nitro benzene ring substituents is 1. The molecule has 7 heteroatoms. The number of halogens is 1. The Hall–Kier alpha value is -2.16. The molecule has 0 heterocycles. The molecule has 0 spiro atoms. The lowest BCUT2D eigenvalue weighted by atomic mass is 10.1. The maximum atomic E-state index is 11.2. The van der Waals surface area contributed by atoms with Crippen molar-refractivity contribution in [1.82, 2.24) is 0 Å². The van der Waals surface area contributed by atoms with Gasteiger partial charge in [-0.1, -0.05) is 11.6 Å². The molecule has 0 fully saturated rings. The smallest absolute Gasteiger partial charge is 0.339 e. The van der Waals surface area contributed by atoms with E-state index in [1.165, 1.54) is 24.3 Å². The van der Waals surface area contributed by atoms with Crippen molar-refractivity contribution >= 4 is 34.2 Å². The Bertz CT molecular complexity index is 668. The molecular formula is C14H10INO5. The van der Waals surface area contributed by atoms with Crippen LogP contribution in [0.4, 0.5) is 5.69 Å². The molecule has 2 aromatic carbocycles. The molecule has 1 N–H and O–H groups in total. The number of aryl methyl sites for hydroxylation is 1. The lowest BCUT2D eigenvalue weighted by Gasteiger charge is -2.10. The van der Waals surface area contributed by atoms with Gasteiger partial charge < -0.3 is 9.84 Å². The van der Waals surface area contributed by atoms with Crippen LogP contribution >= 0.6 is 22.6 Å². The molecule has 0 aliphatic carbocycles. The molecule has 6 nitrogen and oxygen atoms in total. The first-order chi connectivity index (χ1) is 9.88. The van der Waals surface area contributed by atoms with Crippen LogP contribution in [0.2, 0.25) is 0 Å². The van der Waals surface area contributed by atoms with Crippen LogP contribution in [0.25, 0.3) is 0 Å². The maximum Gasteiger partial charge on any atom is 0.339 e. The molecule has 0 saturated heterocycles. The third-order valence-electron chi connectivity index (χ3n) is 2.70. The summed E-state index contributed by atoms with van der Waals surface area (Å²) in [5.74, 6) is -1.08. The lowest BCUT2D eigenvalue weighted by molar-refractivity contribution is -0.385. The van der Waals surface area contributed by atoms with E-state index in [0.29, 0.717) is 3.57 Å². The summed E-state index contributed by atoms with van der Waals surface area (Å²) in [6.07, 6.45) is 0. The quantitative estimate of drug-likeness (QED) is 0.477. The van der Waals surface area contributed by atoms with E-state index in [4.69, 9.17) is 4.74 Å². The van der Waals surface area contributed by atoms with Gasteiger partial charge in [0, 0.05) is 9.64 Å². The van der Waals surface area contributed by atoms with Gasteiger partial charge in [0.1, 0.15) is 11.3 Å². The summed E-state index contributed by atoms with van der Waals surface area (Å²) in [5.41, 5.74) is 0.513. The summed E-state index contributed by atoms with van der Waals surface area (Å²) < 4.78 is 6.14. The van der Waals surface area contributed by atoms with Gasteiger partial charge >= 0.3 is 11.7 Å². The molecule has 0 bridgehead atoms. The molecule has 108 valence electrons. The van der Waals surface area contributed by atoms with Gasteiger partial charge in [0.05, 0.1) is 4.92 Å². The van der Waals surface area contributed by atoms with Gasteiger partial charge in [-0.25, -0.2) is 4.79 Å². The number of hydrogen-bond acceptors (Lipinski definition) is 4. The van der Waals surface area contributed by atoms with Crippen LogP contribution < -0.4 is 4.74 Å². The third kappa shape index (κ3) is 3.48. The van der Waals surface area contributed by atoms with Gasteiger partial charge in [-0.05, 0) is 53.8 Å². The van der Waals surface area contributed by atoms with E-state index >= 15 is 0 Å². The lowest BCUT2D eigenvalue weighted by Crippen LogP contribution is -2.02. The summed E-state index contributed by atoms with van der Waals surface area (Å²) in [7, 11) is 0. The predicted molar refractivity (Wildman–Crippen MR) is 84.0 cm³/mol. The second kappa shape index (κ2) is 6.08. The van der Waals surface area contributed by atoms with Gasteiger partial charge in [-0.3, -0.25) is 10.1 Å². The zero-order valence-electron chi connectivity index (χ0n) is 10.9. The summed E-state index contributed by atoms with van der Waals surface area (Å²) in [5, 5.41) is 20.2. The van der Waals surface area contributed by atoms with E-state index in [-0.39, 0.29) is 22.7 Å². The number of ether oxygens (including phenoxy) is 1. The van der Waals surface area contributed by atoms with Gasteiger partial charge in [0.2, 0.25) is 5.75 Å². The molecule has 0 unspecified atom stereocenters. The number of carbonyl (C=O) groups is 1. The maximum absolute atomic E-state index is 11.2. The predicted octanol–water partition coefficient (Wildman–Crippen LogP) is 4.00. The normalized spacial score (nSPS) is 10.2. The average Bonchev–Trinajstić information content (AvgIpc) is 2.42. The number of rotatable bonds is 4. The third-order valence-corrected chi connectivity index (χ3v) is 3.37. The topological polar surface area (TPSA) is 89.7 Å². The van der Waals surface area contributed by atoms with Crippen molar-refractivity contribution in [1.29, 1.82) is 0 Å². The Kier molecular flexibility index (Phi) is 4.41. The summed E-state index contributed by atoms with van der Waals surface area (Å²) in [6.45, 7) is 1.75. The summed E-state index contributed by atoms with van der Waals surface area (Å²) in [6, 6.07) is 9.09. The highest BCUT2D eigenvalue weighted by Gasteiger charge is 2.19. The number of aromatic carboxylic acids is 1. The minimum Gasteiger partial charge on any atom is -0.478 e. The summed E-state index contributed by atoms with van der Waals surface area (Å²) in [4.78, 5) is 21.7. The molecule has 0 radical (unpaired) electrons. The minimum absolute atomic E-state index is 0.00627. The Morgan fingerprint density at radius 2 is 1.90 bits per heavy atom. The Labute approximate surface area is 133 Å². The highest BCUT2D eigenvalue weighted by Crippen LogP contribution is 2.34. The van der Waals surface area contributed by atoms with Crippen molar-refractivity contribution in [2.45, 2.75) is 6.92 Å². The van der Waals surface area contributed by atoms with Crippen LogP contribution in [-0.2, 0) is 0 Å². The number of nitrogens with zero attached hydrogens (tertiary/aromatic N) is 1. The zero-order valence-corrected chi connectivity index (χ0v) is 13.0. The van der Waals surface area contributed by atoms with Crippen LogP contribution in [-0.4, -0.2) is 16.0 Å². The molecule has 21 heavy (non-hydrogen) atoms. The molecule has 0 saturated carbocycles. The van der Waals surface area contributed by atoms with Crippen molar-refractivity contribution in [2.75, 3.05) is 0 Å². The van der Waals surface area contributed by atoms with Gasteiger partial charge in [-0.15, -0.1) is 0 Å². The van der Waals surface area contributed by atoms with Crippen molar-refractivity contribution in [3.63, 3.8) is 0 Å². The largest absolute Gasteiger partial charge is 0.478 e. The number of benzene rings is 2. The number of carboxylic acids is 1. The van der Waals surface area contributed by atoms with Crippen LogP contribution in [0.3, 0.4) is 0 Å². The average molecular weight is 399 g/mol. The minimum atomic E-state index is -1.15. The van der Waals surface area contributed by atoms with Gasteiger partial charge in [-0.2, -0.15) is 0 Å². The highest BCUT2D eigenvalue weighted by molar-refractivity contribution is 14.1. The monoisotopic (exact) mass is 399 g/mol. The van der Waals surface area contributed by atoms with E-state index < -0.39 is 10.9 Å². The molecule has 0 aliphatic rings. The second-order valence-corrected chi connectivity index (χ2v) is 5.52. The second-order valence-electron chi connectivity index (χ2n) is 4.28. The Morgan fingerprint density at radius 1 is 1.24 bits per heavy atom. The van der Waals surface area contributed by atoms with Gasteiger partial charge in [0.15, 0.2) is 0 Å². The van der Waals surface area contributed by atoms with Crippen LogP contribution in [0.1, 0.15) is 15.9 Å². The van der Waals surface area contributed by atoms with Crippen molar-refractivity contribution in [3.05, 3.63) is 61.2 Å². The molecule has 0 aromatic heterocycles. The SMILES string of the molecule is Cc1ccc(Oc2ccc(I)cc2[N+](=O)[O-])c(C(=O)O)c1. The molecular weight excluding hydrogens is 389 g/mol. The zero-order chi connectivity index (χ0) is 15.6. The van der Waals surface area contributed by atoms with Crippen LogP contribution in [0, 0.1) is 20.6 Å². The van der Waals surface area contributed by atoms with E-state index in [1.807, 2.05) is 22.6 Å². The number of hydrogen-bond donors (Lipinski definition) is 1.